The predicted molar refractivity (Wildman–Crippen MR) is 103 cm³/mol. The minimum absolute atomic E-state index is 0.0333. The summed E-state index contributed by atoms with van der Waals surface area (Å²) in [5.41, 5.74) is -2.53. The molecule has 0 saturated heterocycles. The number of ketones is 2. The van der Waals surface area contributed by atoms with E-state index in [1.807, 2.05) is 0 Å². The quantitative estimate of drug-likeness (QED) is 0.466. The summed E-state index contributed by atoms with van der Waals surface area (Å²) in [5.74, 6) is -4.50. The Bertz CT molecular complexity index is 1120. The molecule has 0 aromatic heterocycles. The van der Waals surface area contributed by atoms with Crippen molar-refractivity contribution in [2.75, 3.05) is 7.11 Å². The topological polar surface area (TPSA) is 141 Å². The predicted octanol–water partition coefficient (Wildman–Crippen LogP) is 1.71. The fraction of sp³-hybridized carbons (Fsp3) is 0.318. The van der Waals surface area contributed by atoms with Gasteiger partial charge in [-0.3, -0.25) is 14.4 Å². The number of carbonyl (C=O) groups is 3. The molecule has 2 aliphatic rings. The Morgan fingerprint density at radius 1 is 1.17 bits per heavy atom. The Morgan fingerprint density at radius 3 is 2.50 bits per heavy atom. The van der Waals surface area contributed by atoms with Gasteiger partial charge in [0.2, 0.25) is 5.78 Å². The highest BCUT2D eigenvalue weighted by Gasteiger charge is 2.51. The monoisotopic (exact) mass is 412 g/mol. The number of methoxy groups -OCH3 is 1. The van der Waals surface area contributed by atoms with Crippen molar-refractivity contribution < 1.29 is 39.5 Å². The van der Waals surface area contributed by atoms with Crippen molar-refractivity contribution in [3.8, 4) is 11.5 Å². The zero-order valence-corrected chi connectivity index (χ0v) is 16.3. The van der Waals surface area contributed by atoms with Crippen molar-refractivity contribution in [1.29, 1.82) is 0 Å². The molecule has 156 valence electrons. The average molecular weight is 412 g/mol. The highest BCUT2D eigenvalue weighted by molar-refractivity contribution is 6.30. The van der Waals surface area contributed by atoms with E-state index in [1.165, 1.54) is 24.3 Å². The fourth-order valence-electron chi connectivity index (χ4n) is 4.60. The van der Waals surface area contributed by atoms with Gasteiger partial charge in [0.1, 0.15) is 17.4 Å². The maximum Gasteiger partial charge on any atom is 0.316 e. The molecule has 0 heterocycles. The van der Waals surface area contributed by atoms with Crippen molar-refractivity contribution in [1.82, 2.24) is 0 Å². The van der Waals surface area contributed by atoms with E-state index >= 15 is 0 Å². The second kappa shape index (κ2) is 6.65. The standard InChI is InChI=1S/C22H20O8/c1-3-22(29)8-13(24)15-10(17(22)21(28)30-2)7-11-16(20(15)27)19(26)14-9(18(11)25)5-4-6-12(14)23/h4-7,13,17,23-24,27,29H,3,8H2,1-2H3. The Labute approximate surface area is 171 Å². The molecule has 0 amide bonds. The number of ether oxygens (including phenoxy) is 1. The number of hydrogen-bond acceptors (Lipinski definition) is 8. The molecule has 0 spiro atoms. The molecule has 8 nitrogen and oxygen atoms in total. The van der Waals surface area contributed by atoms with E-state index in [-0.39, 0.29) is 46.2 Å². The summed E-state index contributed by atoms with van der Waals surface area (Å²) in [7, 11) is 1.15. The van der Waals surface area contributed by atoms with Crippen LogP contribution in [0.1, 0.15) is 74.8 Å². The van der Waals surface area contributed by atoms with Gasteiger partial charge in [0.05, 0.1) is 29.9 Å². The van der Waals surface area contributed by atoms with E-state index in [2.05, 4.69) is 0 Å². The van der Waals surface area contributed by atoms with Gasteiger partial charge in [0.25, 0.3) is 0 Å². The van der Waals surface area contributed by atoms with Crippen LogP contribution in [-0.2, 0) is 9.53 Å². The maximum atomic E-state index is 13.1. The number of phenolic OH excluding ortho intramolecular Hbond substituents is 2. The lowest BCUT2D eigenvalue weighted by Crippen LogP contribution is -2.46. The van der Waals surface area contributed by atoms with Crippen LogP contribution in [0.25, 0.3) is 0 Å². The number of aliphatic hydroxyl groups excluding tert-OH is 1. The molecule has 2 aliphatic carbocycles. The molecular formula is C22H20O8. The third kappa shape index (κ3) is 2.50. The fourth-order valence-corrected chi connectivity index (χ4v) is 4.60. The number of phenols is 2. The van der Waals surface area contributed by atoms with Crippen LogP contribution < -0.4 is 0 Å². The molecule has 0 bridgehead atoms. The minimum Gasteiger partial charge on any atom is -0.507 e. The number of benzene rings is 2. The Morgan fingerprint density at radius 2 is 1.87 bits per heavy atom. The van der Waals surface area contributed by atoms with Crippen LogP contribution in [0.2, 0.25) is 0 Å². The Hall–Kier alpha value is -3.23. The lowest BCUT2D eigenvalue weighted by atomic mass is 9.67. The highest BCUT2D eigenvalue weighted by Crippen LogP contribution is 2.52. The van der Waals surface area contributed by atoms with Gasteiger partial charge in [-0.25, -0.2) is 0 Å². The molecule has 8 heteroatoms. The van der Waals surface area contributed by atoms with E-state index in [0.29, 0.717) is 0 Å². The first-order valence-electron chi connectivity index (χ1n) is 9.45. The summed E-state index contributed by atoms with van der Waals surface area (Å²) >= 11 is 0. The zero-order chi connectivity index (χ0) is 22.0. The number of esters is 1. The minimum atomic E-state index is -1.67. The number of aromatic hydroxyl groups is 2. The molecule has 0 fully saturated rings. The van der Waals surface area contributed by atoms with Crippen LogP contribution in [0.4, 0.5) is 0 Å². The molecule has 3 atom stereocenters. The summed E-state index contributed by atoms with van der Waals surface area (Å²) in [4.78, 5) is 38.7. The number of fused-ring (bicyclic) bond motifs is 3. The van der Waals surface area contributed by atoms with Crippen molar-refractivity contribution in [2.45, 2.75) is 37.4 Å². The van der Waals surface area contributed by atoms with Crippen molar-refractivity contribution in [3.05, 3.63) is 57.6 Å². The van der Waals surface area contributed by atoms with E-state index in [9.17, 15) is 34.8 Å². The lowest BCUT2D eigenvalue weighted by molar-refractivity contribution is -0.153. The molecule has 4 N–H and O–H groups in total. The number of hydrogen-bond donors (Lipinski definition) is 4. The van der Waals surface area contributed by atoms with Gasteiger partial charge in [0.15, 0.2) is 5.78 Å². The van der Waals surface area contributed by atoms with Crippen LogP contribution in [0.15, 0.2) is 24.3 Å². The van der Waals surface area contributed by atoms with E-state index in [4.69, 9.17) is 4.74 Å². The first kappa shape index (κ1) is 20.1. The van der Waals surface area contributed by atoms with Gasteiger partial charge in [-0.2, -0.15) is 0 Å². The summed E-state index contributed by atoms with van der Waals surface area (Å²) in [6.45, 7) is 1.64. The maximum absolute atomic E-state index is 13.1. The number of carbonyl (C=O) groups excluding carboxylic acids is 3. The average Bonchev–Trinajstić information content (AvgIpc) is 2.70. The molecule has 2 aromatic carbocycles. The molecule has 0 saturated carbocycles. The second-order valence-corrected chi connectivity index (χ2v) is 7.64. The first-order chi connectivity index (χ1) is 14.2. The van der Waals surface area contributed by atoms with Crippen LogP contribution in [0.5, 0.6) is 11.5 Å². The van der Waals surface area contributed by atoms with Gasteiger partial charge in [0, 0.05) is 23.1 Å². The van der Waals surface area contributed by atoms with Crippen molar-refractivity contribution >= 4 is 17.5 Å². The normalized spacial score (nSPS) is 24.7. The summed E-state index contributed by atoms with van der Waals surface area (Å²) in [5, 5.41) is 42.7. The first-order valence-corrected chi connectivity index (χ1v) is 9.45. The van der Waals surface area contributed by atoms with Crippen molar-refractivity contribution in [2.24, 2.45) is 0 Å². The molecule has 4 rings (SSSR count). The third-order valence-corrected chi connectivity index (χ3v) is 6.14. The highest BCUT2D eigenvalue weighted by atomic mass is 16.5. The SMILES string of the molecule is CCC1(O)CC(O)c2c(cc3c(c2O)C(=O)c2c(O)cccc2C3=O)C1C(=O)OC. The summed E-state index contributed by atoms with van der Waals surface area (Å²) < 4.78 is 4.84. The van der Waals surface area contributed by atoms with Gasteiger partial charge in [-0.05, 0) is 24.1 Å². The largest absolute Gasteiger partial charge is 0.507 e. The van der Waals surface area contributed by atoms with Gasteiger partial charge in [-0.15, -0.1) is 0 Å². The molecule has 30 heavy (non-hydrogen) atoms. The summed E-state index contributed by atoms with van der Waals surface area (Å²) in [6.07, 6.45) is -1.55. The van der Waals surface area contributed by atoms with Crippen LogP contribution in [-0.4, -0.2) is 50.7 Å². The Balaban J connectivity index is 2.05. The van der Waals surface area contributed by atoms with Crippen LogP contribution in [0.3, 0.4) is 0 Å². The molecular weight excluding hydrogens is 392 g/mol. The van der Waals surface area contributed by atoms with Gasteiger partial charge in [-0.1, -0.05) is 19.1 Å². The molecule has 3 unspecified atom stereocenters. The number of aliphatic hydroxyl groups is 2. The Kier molecular flexibility index (Phi) is 4.44. The van der Waals surface area contributed by atoms with Crippen LogP contribution >= 0.6 is 0 Å². The van der Waals surface area contributed by atoms with E-state index in [0.717, 1.165) is 7.11 Å². The number of rotatable bonds is 2. The summed E-state index contributed by atoms with van der Waals surface area (Å²) in [6, 6.07) is 5.30. The van der Waals surface area contributed by atoms with E-state index in [1.54, 1.807) is 6.92 Å². The molecule has 2 aromatic rings. The van der Waals surface area contributed by atoms with Crippen LogP contribution in [0, 0.1) is 0 Å². The lowest BCUT2D eigenvalue weighted by Gasteiger charge is -2.42. The van der Waals surface area contributed by atoms with Gasteiger partial charge >= 0.3 is 5.97 Å². The van der Waals surface area contributed by atoms with E-state index < -0.39 is 46.7 Å². The smallest absolute Gasteiger partial charge is 0.316 e. The molecule has 0 aliphatic heterocycles. The molecule has 0 radical (unpaired) electrons. The second-order valence-electron chi connectivity index (χ2n) is 7.64. The zero-order valence-electron chi connectivity index (χ0n) is 16.3. The van der Waals surface area contributed by atoms with Gasteiger partial charge < -0.3 is 25.2 Å². The third-order valence-electron chi connectivity index (χ3n) is 6.14. The van der Waals surface area contributed by atoms with Crippen molar-refractivity contribution in [3.63, 3.8) is 0 Å².